The van der Waals surface area contributed by atoms with Gasteiger partial charge in [-0.1, -0.05) is 26.0 Å². The highest BCUT2D eigenvalue weighted by Gasteiger charge is 2.23. The third-order valence-electron chi connectivity index (χ3n) is 4.34. The molecule has 0 aliphatic carbocycles. The molecule has 3 rings (SSSR count). The third kappa shape index (κ3) is 4.39. The van der Waals surface area contributed by atoms with E-state index in [1.165, 1.54) is 0 Å². The Balaban J connectivity index is 1.65. The second kappa shape index (κ2) is 7.70. The summed E-state index contributed by atoms with van der Waals surface area (Å²) in [6.07, 6.45) is -0.532. The molecule has 1 unspecified atom stereocenters. The highest BCUT2D eigenvalue weighted by Crippen LogP contribution is 2.32. The van der Waals surface area contributed by atoms with E-state index in [0.29, 0.717) is 23.0 Å². The first kappa shape index (κ1) is 18.8. The fraction of sp³-hybridized carbons (Fsp3) is 0.333. The van der Waals surface area contributed by atoms with Crippen LogP contribution in [0.5, 0.6) is 11.5 Å². The maximum absolute atomic E-state index is 12.3. The van der Waals surface area contributed by atoms with Crippen LogP contribution in [0.3, 0.4) is 0 Å². The highest BCUT2D eigenvalue weighted by atomic mass is 16.5. The Morgan fingerprint density at radius 1 is 1.26 bits per heavy atom. The molecule has 142 valence electrons. The van der Waals surface area contributed by atoms with E-state index < -0.39 is 6.10 Å². The quantitative estimate of drug-likeness (QED) is 0.840. The first-order valence-corrected chi connectivity index (χ1v) is 8.98. The van der Waals surface area contributed by atoms with Crippen molar-refractivity contribution < 1.29 is 19.1 Å². The van der Waals surface area contributed by atoms with E-state index in [2.05, 4.69) is 24.5 Å². The van der Waals surface area contributed by atoms with E-state index >= 15 is 0 Å². The van der Waals surface area contributed by atoms with E-state index in [1.807, 2.05) is 25.1 Å². The zero-order valence-electron chi connectivity index (χ0n) is 16.0. The van der Waals surface area contributed by atoms with E-state index in [1.54, 1.807) is 25.1 Å². The molecule has 2 aromatic carbocycles. The lowest BCUT2D eigenvalue weighted by molar-refractivity contribution is -0.122. The molecule has 6 nitrogen and oxygen atoms in total. The summed E-state index contributed by atoms with van der Waals surface area (Å²) < 4.78 is 11.3. The van der Waals surface area contributed by atoms with Crippen molar-refractivity contribution in [3.8, 4) is 11.5 Å². The zero-order valence-corrected chi connectivity index (χ0v) is 16.0. The molecule has 2 aromatic rings. The van der Waals surface area contributed by atoms with E-state index in [9.17, 15) is 9.59 Å². The molecule has 1 aliphatic heterocycles. The van der Waals surface area contributed by atoms with E-state index in [-0.39, 0.29) is 18.4 Å². The number of rotatable bonds is 5. The number of aryl methyl sites for hydroxylation is 1. The molecule has 0 fully saturated rings. The van der Waals surface area contributed by atoms with Gasteiger partial charge in [0.2, 0.25) is 0 Å². The Morgan fingerprint density at radius 2 is 2.04 bits per heavy atom. The van der Waals surface area contributed by atoms with Crippen molar-refractivity contribution in [2.45, 2.75) is 39.7 Å². The van der Waals surface area contributed by atoms with Crippen LogP contribution in [0.2, 0.25) is 0 Å². The smallest absolute Gasteiger partial charge is 0.265 e. The Kier molecular flexibility index (Phi) is 5.35. The minimum atomic E-state index is -0.532. The predicted octanol–water partition coefficient (Wildman–Crippen LogP) is 3.86. The van der Waals surface area contributed by atoms with E-state index in [0.717, 1.165) is 16.9 Å². The molecule has 1 atom stereocenters. The van der Waals surface area contributed by atoms with Gasteiger partial charge in [-0.25, -0.2) is 0 Å². The largest absolute Gasteiger partial charge is 0.483 e. The number of anilines is 2. The highest BCUT2D eigenvalue weighted by molar-refractivity contribution is 5.99. The molecular formula is C21H24N2O4. The average molecular weight is 368 g/mol. The van der Waals surface area contributed by atoms with Gasteiger partial charge in [-0.15, -0.1) is 0 Å². The van der Waals surface area contributed by atoms with Gasteiger partial charge >= 0.3 is 0 Å². The first-order valence-electron chi connectivity index (χ1n) is 8.98. The maximum Gasteiger partial charge on any atom is 0.265 e. The molecule has 0 saturated heterocycles. The number of benzene rings is 2. The summed E-state index contributed by atoms with van der Waals surface area (Å²) in [4.78, 5) is 24.0. The van der Waals surface area contributed by atoms with Gasteiger partial charge in [-0.05, 0) is 55.2 Å². The summed E-state index contributed by atoms with van der Waals surface area (Å²) in [5.41, 5.74) is 3.25. The molecule has 27 heavy (non-hydrogen) atoms. The van der Waals surface area contributed by atoms with Gasteiger partial charge < -0.3 is 20.1 Å². The topological polar surface area (TPSA) is 76.7 Å². The van der Waals surface area contributed by atoms with Crippen LogP contribution >= 0.6 is 0 Å². The molecular weight excluding hydrogens is 344 g/mol. The predicted molar refractivity (Wildman–Crippen MR) is 105 cm³/mol. The summed E-state index contributed by atoms with van der Waals surface area (Å²) in [6.45, 7) is 7.74. The Bertz CT molecular complexity index is 876. The molecule has 2 N–H and O–H groups in total. The van der Waals surface area contributed by atoms with Gasteiger partial charge in [0.25, 0.3) is 11.8 Å². The van der Waals surface area contributed by atoms with Crippen LogP contribution in [-0.2, 0) is 9.59 Å². The summed E-state index contributed by atoms with van der Waals surface area (Å²) in [7, 11) is 0. The Morgan fingerprint density at radius 3 is 2.78 bits per heavy atom. The van der Waals surface area contributed by atoms with Crippen LogP contribution in [0, 0.1) is 6.92 Å². The number of amides is 2. The fourth-order valence-corrected chi connectivity index (χ4v) is 2.87. The van der Waals surface area contributed by atoms with Gasteiger partial charge in [-0.2, -0.15) is 0 Å². The molecule has 0 aromatic heterocycles. The first-order chi connectivity index (χ1) is 12.8. The van der Waals surface area contributed by atoms with Crippen LogP contribution in [0.1, 0.15) is 37.8 Å². The molecule has 0 radical (unpaired) electrons. The van der Waals surface area contributed by atoms with E-state index in [4.69, 9.17) is 9.47 Å². The van der Waals surface area contributed by atoms with Crippen molar-refractivity contribution in [3.63, 3.8) is 0 Å². The lowest BCUT2D eigenvalue weighted by Crippen LogP contribution is -2.34. The Hall–Kier alpha value is -3.02. The van der Waals surface area contributed by atoms with Crippen molar-refractivity contribution in [1.82, 2.24) is 0 Å². The number of fused-ring (bicyclic) bond motifs is 1. The minimum Gasteiger partial charge on any atom is -0.483 e. The normalized spacial score (nSPS) is 15.6. The van der Waals surface area contributed by atoms with Crippen LogP contribution in [-0.4, -0.2) is 24.5 Å². The molecule has 2 amide bonds. The number of carbonyl (C=O) groups excluding carboxylic acids is 2. The van der Waals surface area contributed by atoms with Crippen LogP contribution in [0.4, 0.5) is 11.4 Å². The van der Waals surface area contributed by atoms with Crippen molar-refractivity contribution in [3.05, 3.63) is 47.5 Å². The zero-order chi connectivity index (χ0) is 19.6. The molecule has 1 aliphatic rings. The van der Waals surface area contributed by atoms with Crippen LogP contribution in [0.25, 0.3) is 0 Å². The summed E-state index contributed by atoms with van der Waals surface area (Å²) in [5.74, 6) is 1.12. The summed E-state index contributed by atoms with van der Waals surface area (Å²) in [5, 5.41) is 5.54. The average Bonchev–Trinajstić information content (AvgIpc) is 2.61. The number of ether oxygens (including phenoxy) is 2. The molecule has 0 saturated carbocycles. The molecule has 0 spiro atoms. The monoisotopic (exact) mass is 368 g/mol. The third-order valence-corrected chi connectivity index (χ3v) is 4.34. The van der Waals surface area contributed by atoms with Gasteiger partial charge in [-0.3, -0.25) is 9.59 Å². The van der Waals surface area contributed by atoms with Crippen molar-refractivity contribution in [2.75, 3.05) is 17.2 Å². The number of hydrogen-bond donors (Lipinski definition) is 2. The molecule has 6 heteroatoms. The Labute approximate surface area is 158 Å². The second-order valence-corrected chi connectivity index (χ2v) is 6.99. The SMILES string of the molecule is Cc1ccc(C(C)C)c(OCC(=O)Nc2ccc3c(c2)NC(=O)C(C)O3)c1. The van der Waals surface area contributed by atoms with Crippen molar-refractivity contribution in [1.29, 1.82) is 0 Å². The lowest BCUT2D eigenvalue weighted by Gasteiger charge is -2.23. The summed E-state index contributed by atoms with van der Waals surface area (Å²) in [6, 6.07) is 11.1. The number of hydrogen-bond acceptors (Lipinski definition) is 4. The van der Waals surface area contributed by atoms with Crippen molar-refractivity contribution >= 4 is 23.2 Å². The lowest BCUT2D eigenvalue weighted by atomic mass is 10.0. The second-order valence-electron chi connectivity index (χ2n) is 6.99. The van der Waals surface area contributed by atoms with Crippen LogP contribution in [0.15, 0.2) is 36.4 Å². The summed E-state index contributed by atoms with van der Waals surface area (Å²) >= 11 is 0. The van der Waals surface area contributed by atoms with Gasteiger partial charge in [0, 0.05) is 5.69 Å². The minimum absolute atomic E-state index is 0.0971. The number of nitrogens with one attached hydrogen (secondary N) is 2. The number of carbonyl (C=O) groups is 2. The van der Waals surface area contributed by atoms with Gasteiger partial charge in [0.1, 0.15) is 11.5 Å². The van der Waals surface area contributed by atoms with Crippen molar-refractivity contribution in [2.24, 2.45) is 0 Å². The fourth-order valence-electron chi connectivity index (χ4n) is 2.87. The molecule has 0 bridgehead atoms. The van der Waals surface area contributed by atoms with Gasteiger partial charge in [0.15, 0.2) is 12.7 Å². The van der Waals surface area contributed by atoms with Crippen LogP contribution < -0.4 is 20.1 Å². The standard InChI is InChI=1S/C21H24N2O4/c1-12(2)16-7-5-13(3)9-19(16)26-11-20(24)22-15-6-8-18-17(10-15)23-21(25)14(4)27-18/h5-10,12,14H,11H2,1-4H3,(H,22,24)(H,23,25). The molecule has 1 heterocycles. The van der Waals surface area contributed by atoms with Gasteiger partial charge in [0.05, 0.1) is 5.69 Å². The maximum atomic E-state index is 12.3.